The van der Waals surface area contributed by atoms with E-state index in [1.54, 1.807) is 42.5 Å². The highest BCUT2D eigenvalue weighted by Gasteiger charge is 2.70. The molecular formula is C41H36BrN3O6. The predicted molar refractivity (Wildman–Crippen MR) is 195 cm³/mol. The van der Waals surface area contributed by atoms with Crippen molar-refractivity contribution in [1.82, 2.24) is 5.01 Å². The largest absolute Gasteiger partial charge is 0.504 e. The first-order valence-electron chi connectivity index (χ1n) is 17.2. The SMILES string of the molecule is CCOc1cc(C2C3=CCC4C(=O)N(c5ccc(Br)cc5)C(=O)C4C3CC3C(=O)N(Nc4ccc(C)cc4)C(=O)C32c2ccccc2)ccc1O. The van der Waals surface area contributed by atoms with E-state index < -0.39 is 46.8 Å². The number of imide groups is 2. The van der Waals surface area contributed by atoms with E-state index in [-0.39, 0.29) is 29.7 Å². The number of anilines is 2. The van der Waals surface area contributed by atoms with Gasteiger partial charge in [0.1, 0.15) is 0 Å². The highest BCUT2D eigenvalue weighted by atomic mass is 79.9. The van der Waals surface area contributed by atoms with E-state index in [0.29, 0.717) is 35.5 Å². The molecule has 4 aromatic rings. The van der Waals surface area contributed by atoms with Gasteiger partial charge in [-0.1, -0.05) is 81.7 Å². The Bertz CT molecular complexity index is 2100. The molecule has 258 valence electrons. The lowest BCUT2D eigenvalue weighted by atomic mass is 9.49. The lowest BCUT2D eigenvalue weighted by Gasteiger charge is -2.50. The van der Waals surface area contributed by atoms with Crippen LogP contribution in [0, 0.1) is 30.6 Å². The van der Waals surface area contributed by atoms with E-state index in [0.717, 1.165) is 20.6 Å². The summed E-state index contributed by atoms with van der Waals surface area (Å²) < 4.78 is 6.66. The van der Waals surface area contributed by atoms with Crippen molar-refractivity contribution >= 4 is 50.9 Å². The number of amides is 4. The fourth-order valence-corrected chi connectivity index (χ4v) is 9.21. The van der Waals surface area contributed by atoms with Crippen molar-refractivity contribution in [2.45, 2.75) is 38.0 Å². The molecule has 2 heterocycles. The van der Waals surface area contributed by atoms with Gasteiger partial charge in [0.2, 0.25) is 11.8 Å². The monoisotopic (exact) mass is 745 g/mol. The molecule has 4 aromatic carbocycles. The Hall–Kier alpha value is -5.22. The number of rotatable bonds is 7. The maximum atomic E-state index is 15.3. The standard InChI is InChI=1S/C41H36BrN3O6/c1-3-51-34-21-24(11-20-33(34)46)36-29-18-19-30-35(39(49)44(37(30)47)28-16-12-26(42)13-17-28)31(29)22-32-38(48)45(43-27-14-9-23(2)10-15-27)40(50)41(32,36)25-7-5-4-6-8-25/h4-18,20-21,30-32,35-36,43,46H,3,19,22H2,1-2H3. The fourth-order valence-electron chi connectivity index (χ4n) is 8.95. The molecule has 2 saturated heterocycles. The number of nitrogens with one attached hydrogen (secondary N) is 1. The first-order valence-corrected chi connectivity index (χ1v) is 18.0. The molecule has 0 radical (unpaired) electrons. The summed E-state index contributed by atoms with van der Waals surface area (Å²) in [6.45, 7) is 4.09. The summed E-state index contributed by atoms with van der Waals surface area (Å²) in [5.74, 6) is -4.61. The van der Waals surface area contributed by atoms with Gasteiger partial charge >= 0.3 is 0 Å². The Labute approximate surface area is 304 Å². The molecule has 10 heteroatoms. The fraction of sp³-hybridized carbons (Fsp3) is 0.268. The molecule has 9 nitrogen and oxygen atoms in total. The molecule has 1 saturated carbocycles. The second-order valence-electron chi connectivity index (χ2n) is 13.7. The van der Waals surface area contributed by atoms with Crippen LogP contribution in [0.4, 0.5) is 11.4 Å². The van der Waals surface area contributed by atoms with E-state index in [1.807, 2.05) is 74.5 Å². The number of aromatic hydroxyl groups is 1. The van der Waals surface area contributed by atoms with Crippen molar-refractivity contribution in [3.05, 3.63) is 130 Å². The summed E-state index contributed by atoms with van der Waals surface area (Å²) >= 11 is 3.44. The molecule has 0 aromatic heterocycles. The van der Waals surface area contributed by atoms with Crippen LogP contribution >= 0.6 is 15.9 Å². The summed E-state index contributed by atoms with van der Waals surface area (Å²) in [5, 5.41) is 11.9. The first-order chi connectivity index (χ1) is 24.6. The van der Waals surface area contributed by atoms with Crippen LogP contribution < -0.4 is 15.1 Å². The third kappa shape index (κ3) is 5.02. The van der Waals surface area contributed by atoms with E-state index in [2.05, 4.69) is 21.4 Å². The molecule has 0 spiro atoms. The van der Waals surface area contributed by atoms with Gasteiger partial charge in [0.25, 0.3) is 11.8 Å². The number of carbonyl (C=O) groups excluding carboxylic acids is 4. The van der Waals surface area contributed by atoms with Gasteiger partial charge < -0.3 is 9.84 Å². The van der Waals surface area contributed by atoms with E-state index >= 15 is 4.79 Å². The van der Waals surface area contributed by atoms with Crippen molar-refractivity contribution < 1.29 is 29.0 Å². The van der Waals surface area contributed by atoms with Gasteiger partial charge in [0.15, 0.2) is 11.5 Å². The van der Waals surface area contributed by atoms with Gasteiger partial charge in [0.05, 0.1) is 41.2 Å². The molecule has 6 atom stereocenters. The molecule has 8 rings (SSSR count). The number of benzene rings is 4. The van der Waals surface area contributed by atoms with E-state index in [1.165, 1.54) is 4.90 Å². The second-order valence-corrected chi connectivity index (χ2v) is 14.7. The smallest absolute Gasteiger partial charge is 0.260 e. The molecule has 51 heavy (non-hydrogen) atoms. The van der Waals surface area contributed by atoms with E-state index in [4.69, 9.17) is 4.74 Å². The van der Waals surface area contributed by atoms with E-state index in [9.17, 15) is 19.5 Å². The van der Waals surface area contributed by atoms with Crippen LogP contribution in [0.2, 0.25) is 0 Å². The highest BCUT2D eigenvalue weighted by Crippen LogP contribution is 2.64. The molecular weight excluding hydrogens is 710 g/mol. The maximum absolute atomic E-state index is 15.3. The van der Waals surface area contributed by atoms with Crippen molar-refractivity contribution in [3.8, 4) is 11.5 Å². The number of fused-ring (bicyclic) bond motifs is 4. The Morgan fingerprint density at radius 1 is 0.882 bits per heavy atom. The first kappa shape index (κ1) is 33.0. The van der Waals surface area contributed by atoms with Gasteiger partial charge in [-0.2, -0.15) is 5.01 Å². The number of halogens is 1. The summed E-state index contributed by atoms with van der Waals surface area (Å²) in [5.41, 5.74) is 6.00. The third-order valence-corrected chi connectivity index (χ3v) is 11.6. The Morgan fingerprint density at radius 3 is 2.31 bits per heavy atom. The van der Waals surface area contributed by atoms with Gasteiger partial charge in [0, 0.05) is 10.4 Å². The number of allylic oxidation sites excluding steroid dienone is 2. The number of ether oxygens (including phenoxy) is 1. The average molecular weight is 747 g/mol. The summed E-state index contributed by atoms with van der Waals surface area (Å²) in [6.07, 6.45) is 2.53. The van der Waals surface area contributed by atoms with Crippen LogP contribution in [0.15, 0.2) is 113 Å². The van der Waals surface area contributed by atoms with Crippen molar-refractivity contribution in [2.24, 2.45) is 23.7 Å². The number of phenolic OH excluding ortho intramolecular Hbond substituents is 1. The molecule has 2 aliphatic carbocycles. The van der Waals surface area contributed by atoms with Gasteiger partial charge in [-0.15, -0.1) is 0 Å². The lowest BCUT2D eigenvalue weighted by Crippen LogP contribution is -2.53. The zero-order valence-corrected chi connectivity index (χ0v) is 29.7. The van der Waals surface area contributed by atoms with Gasteiger partial charge in [-0.25, -0.2) is 0 Å². The van der Waals surface area contributed by atoms with Gasteiger partial charge in [-0.3, -0.25) is 29.5 Å². The lowest BCUT2D eigenvalue weighted by molar-refractivity contribution is -0.138. The molecule has 4 aliphatic rings. The number of hydrazine groups is 1. The Kier molecular flexibility index (Phi) is 8.09. The number of phenols is 1. The van der Waals surface area contributed by atoms with Crippen LogP contribution in [0.1, 0.15) is 42.4 Å². The van der Waals surface area contributed by atoms with Gasteiger partial charge in [-0.05, 0) is 92.3 Å². The minimum Gasteiger partial charge on any atom is -0.504 e. The summed E-state index contributed by atoms with van der Waals surface area (Å²) in [4.78, 5) is 59.9. The third-order valence-electron chi connectivity index (χ3n) is 11.1. The maximum Gasteiger partial charge on any atom is 0.260 e. The van der Waals surface area contributed by atoms with Crippen LogP contribution in [0.25, 0.3) is 0 Å². The molecule has 2 aliphatic heterocycles. The second kappa shape index (κ2) is 12.5. The minimum atomic E-state index is -1.41. The van der Waals surface area contributed by atoms with Crippen LogP contribution in [-0.4, -0.2) is 40.4 Å². The Morgan fingerprint density at radius 2 is 1.61 bits per heavy atom. The molecule has 3 fully saturated rings. The number of hydrogen-bond donors (Lipinski definition) is 2. The topological polar surface area (TPSA) is 116 Å². The summed E-state index contributed by atoms with van der Waals surface area (Å²) in [6, 6.07) is 29.0. The molecule has 6 unspecified atom stereocenters. The molecule has 2 N–H and O–H groups in total. The average Bonchev–Trinajstić information content (AvgIpc) is 3.52. The highest BCUT2D eigenvalue weighted by molar-refractivity contribution is 9.10. The van der Waals surface area contributed by atoms with Crippen LogP contribution in [0.5, 0.6) is 11.5 Å². The number of nitrogens with zero attached hydrogens (tertiary/aromatic N) is 2. The van der Waals surface area contributed by atoms with Crippen LogP contribution in [0.3, 0.4) is 0 Å². The number of aryl methyl sites for hydroxylation is 1. The predicted octanol–water partition coefficient (Wildman–Crippen LogP) is 7.05. The van der Waals surface area contributed by atoms with Crippen molar-refractivity contribution in [1.29, 1.82) is 0 Å². The summed E-state index contributed by atoms with van der Waals surface area (Å²) in [7, 11) is 0. The number of hydrogen-bond acceptors (Lipinski definition) is 7. The van der Waals surface area contributed by atoms with Crippen LogP contribution in [-0.2, 0) is 24.6 Å². The zero-order chi connectivity index (χ0) is 35.6. The Balaban J connectivity index is 1.32. The molecule has 4 amide bonds. The van der Waals surface area contributed by atoms with Crippen molar-refractivity contribution in [2.75, 3.05) is 16.9 Å². The molecule has 0 bridgehead atoms. The minimum absolute atomic E-state index is 0.0471. The zero-order valence-electron chi connectivity index (χ0n) is 28.1. The number of carbonyl (C=O) groups is 4. The quantitative estimate of drug-likeness (QED) is 0.154. The normalized spacial score (nSPS) is 26.8. The van der Waals surface area contributed by atoms with Crippen molar-refractivity contribution in [3.63, 3.8) is 0 Å².